The van der Waals surface area contributed by atoms with E-state index in [9.17, 15) is 4.79 Å². The van der Waals surface area contributed by atoms with E-state index in [0.29, 0.717) is 12.6 Å². The largest absolute Gasteiger partial charge is 0.327 e. The maximum Gasteiger partial charge on any atom is 0.237 e. The van der Waals surface area contributed by atoms with Crippen molar-refractivity contribution in [2.45, 2.75) is 18.9 Å². The summed E-state index contributed by atoms with van der Waals surface area (Å²) in [6.45, 7) is 3.35. The molecule has 4 heteroatoms. The Hall–Kier alpha value is -0.610. The molecule has 2 aliphatic heterocycles. The Morgan fingerprint density at radius 1 is 1.62 bits per heavy atom. The van der Waals surface area contributed by atoms with Crippen LogP contribution in [0.1, 0.15) is 12.8 Å². The molecule has 0 spiro atoms. The van der Waals surface area contributed by atoms with Gasteiger partial charge in [-0.2, -0.15) is 0 Å². The lowest BCUT2D eigenvalue weighted by molar-refractivity contribution is -0.127. The number of likely N-dealkylation sites (N-methyl/N-ethyl adjacent to an activating group) is 1. The van der Waals surface area contributed by atoms with Gasteiger partial charge in [-0.15, -0.1) is 0 Å². The molecule has 13 heavy (non-hydrogen) atoms. The van der Waals surface area contributed by atoms with Crippen molar-refractivity contribution in [3.8, 4) is 0 Å². The minimum atomic E-state index is 0.250. The van der Waals surface area contributed by atoms with Crippen molar-refractivity contribution in [3.63, 3.8) is 0 Å². The van der Waals surface area contributed by atoms with Crippen molar-refractivity contribution in [2.75, 3.05) is 33.4 Å². The first kappa shape index (κ1) is 8.97. The molecule has 0 aromatic carbocycles. The second-order valence-corrected chi connectivity index (χ2v) is 3.98. The van der Waals surface area contributed by atoms with Gasteiger partial charge in [0.2, 0.25) is 5.91 Å². The third kappa shape index (κ3) is 1.84. The Kier molecular flexibility index (Phi) is 2.51. The van der Waals surface area contributed by atoms with Crippen molar-refractivity contribution >= 4 is 5.91 Å². The highest BCUT2D eigenvalue weighted by Gasteiger charge is 2.27. The molecule has 1 unspecified atom stereocenters. The summed E-state index contributed by atoms with van der Waals surface area (Å²) < 4.78 is 0. The Bertz CT molecular complexity index is 207. The standard InChI is InChI=1S/C9H17N3O/c1-11-4-2-3-8(11)6-12-7-10-5-9(12)13/h8,10H,2-7H2,1H3. The number of rotatable bonds is 2. The van der Waals surface area contributed by atoms with Gasteiger partial charge in [-0.05, 0) is 26.4 Å². The number of amides is 1. The lowest BCUT2D eigenvalue weighted by Gasteiger charge is -2.24. The predicted molar refractivity (Wildman–Crippen MR) is 50.2 cm³/mol. The van der Waals surface area contributed by atoms with E-state index in [1.807, 2.05) is 4.90 Å². The molecule has 2 heterocycles. The first-order chi connectivity index (χ1) is 6.27. The average molecular weight is 183 g/mol. The molecule has 2 saturated heterocycles. The van der Waals surface area contributed by atoms with E-state index >= 15 is 0 Å². The van der Waals surface area contributed by atoms with Crippen LogP contribution in [0.15, 0.2) is 0 Å². The third-order valence-corrected chi connectivity index (χ3v) is 3.03. The topological polar surface area (TPSA) is 35.6 Å². The highest BCUT2D eigenvalue weighted by atomic mass is 16.2. The zero-order valence-electron chi connectivity index (χ0n) is 8.12. The zero-order chi connectivity index (χ0) is 9.26. The van der Waals surface area contributed by atoms with E-state index in [1.165, 1.54) is 19.4 Å². The van der Waals surface area contributed by atoms with Crippen LogP contribution in [0.2, 0.25) is 0 Å². The van der Waals surface area contributed by atoms with Crippen LogP contribution in [0, 0.1) is 0 Å². The fourth-order valence-electron chi connectivity index (χ4n) is 2.13. The van der Waals surface area contributed by atoms with E-state index in [0.717, 1.165) is 13.2 Å². The average Bonchev–Trinajstić information content (AvgIpc) is 2.65. The van der Waals surface area contributed by atoms with Crippen molar-refractivity contribution in [1.82, 2.24) is 15.1 Å². The van der Waals surface area contributed by atoms with Gasteiger partial charge in [0, 0.05) is 12.6 Å². The van der Waals surface area contributed by atoms with Crippen molar-refractivity contribution in [2.24, 2.45) is 0 Å². The Labute approximate surface area is 78.9 Å². The van der Waals surface area contributed by atoms with Gasteiger partial charge in [-0.3, -0.25) is 10.1 Å². The lowest BCUT2D eigenvalue weighted by Crippen LogP contribution is -2.39. The number of nitrogens with zero attached hydrogens (tertiary/aromatic N) is 2. The highest BCUT2D eigenvalue weighted by molar-refractivity contribution is 5.80. The molecule has 74 valence electrons. The molecule has 4 nitrogen and oxygen atoms in total. The Morgan fingerprint density at radius 2 is 2.46 bits per heavy atom. The van der Waals surface area contributed by atoms with Gasteiger partial charge in [-0.25, -0.2) is 0 Å². The summed E-state index contributed by atoms with van der Waals surface area (Å²) in [5.74, 6) is 0.250. The molecule has 0 radical (unpaired) electrons. The van der Waals surface area contributed by atoms with Crippen LogP contribution >= 0.6 is 0 Å². The van der Waals surface area contributed by atoms with Crippen molar-refractivity contribution < 1.29 is 4.79 Å². The number of hydrogen-bond acceptors (Lipinski definition) is 3. The minimum Gasteiger partial charge on any atom is -0.327 e. The van der Waals surface area contributed by atoms with Crippen LogP contribution in [0.4, 0.5) is 0 Å². The molecule has 1 N–H and O–H groups in total. The van der Waals surface area contributed by atoms with E-state index < -0.39 is 0 Å². The van der Waals surface area contributed by atoms with Crippen LogP contribution in [0.25, 0.3) is 0 Å². The summed E-state index contributed by atoms with van der Waals surface area (Å²) in [4.78, 5) is 15.6. The Morgan fingerprint density at radius 3 is 3.00 bits per heavy atom. The van der Waals surface area contributed by atoms with Gasteiger partial charge in [-0.1, -0.05) is 0 Å². The molecule has 2 aliphatic rings. The summed E-state index contributed by atoms with van der Waals surface area (Å²) in [6, 6.07) is 0.587. The first-order valence-electron chi connectivity index (χ1n) is 4.96. The Balaban J connectivity index is 1.86. The molecule has 1 atom stereocenters. The van der Waals surface area contributed by atoms with Gasteiger partial charge in [0.25, 0.3) is 0 Å². The monoisotopic (exact) mass is 183 g/mol. The molecular weight excluding hydrogens is 166 g/mol. The maximum absolute atomic E-state index is 11.3. The molecule has 0 saturated carbocycles. The van der Waals surface area contributed by atoms with E-state index in [2.05, 4.69) is 17.3 Å². The van der Waals surface area contributed by atoms with Gasteiger partial charge >= 0.3 is 0 Å². The van der Waals surface area contributed by atoms with Crippen LogP contribution in [-0.4, -0.2) is 55.1 Å². The van der Waals surface area contributed by atoms with Gasteiger partial charge < -0.3 is 9.80 Å². The smallest absolute Gasteiger partial charge is 0.237 e. The number of likely N-dealkylation sites (tertiary alicyclic amines) is 1. The summed E-state index contributed by atoms with van der Waals surface area (Å²) in [7, 11) is 2.14. The predicted octanol–water partition coefficient (Wildman–Crippen LogP) is -0.530. The highest BCUT2D eigenvalue weighted by Crippen LogP contribution is 2.16. The second kappa shape index (κ2) is 3.64. The fraction of sp³-hybridized carbons (Fsp3) is 0.889. The minimum absolute atomic E-state index is 0.250. The summed E-state index contributed by atoms with van der Waals surface area (Å²) >= 11 is 0. The van der Waals surface area contributed by atoms with Crippen molar-refractivity contribution in [3.05, 3.63) is 0 Å². The summed E-state index contributed by atoms with van der Waals surface area (Å²) in [5.41, 5.74) is 0. The number of carbonyl (C=O) groups is 1. The van der Waals surface area contributed by atoms with E-state index in [-0.39, 0.29) is 5.91 Å². The van der Waals surface area contributed by atoms with Gasteiger partial charge in [0.05, 0.1) is 13.2 Å². The third-order valence-electron chi connectivity index (χ3n) is 3.03. The number of carbonyl (C=O) groups excluding carboxylic acids is 1. The maximum atomic E-state index is 11.3. The molecule has 1 amide bonds. The molecule has 0 aliphatic carbocycles. The number of nitrogens with one attached hydrogen (secondary N) is 1. The molecular formula is C9H17N3O. The van der Waals surface area contributed by atoms with Gasteiger partial charge in [0.1, 0.15) is 0 Å². The van der Waals surface area contributed by atoms with Crippen LogP contribution < -0.4 is 5.32 Å². The van der Waals surface area contributed by atoms with Crippen LogP contribution in [0.3, 0.4) is 0 Å². The second-order valence-electron chi connectivity index (χ2n) is 3.98. The molecule has 0 aromatic heterocycles. The first-order valence-corrected chi connectivity index (χ1v) is 4.96. The van der Waals surface area contributed by atoms with Crippen molar-refractivity contribution in [1.29, 1.82) is 0 Å². The molecule has 2 fully saturated rings. The molecule has 0 aromatic rings. The van der Waals surface area contributed by atoms with Gasteiger partial charge in [0.15, 0.2) is 0 Å². The normalized spacial score (nSPS) is 30.4. The fourth-order valence-corrected chi connectivity index (χ4v) is 2.13. The number of hydrogen-bond donors (Lipinski definition) is 1. The summed E-state index contributed by atoms with van der Waals surface area (Å²) in [5, 5.41) is 3.07. The van der Waals surface area contributed by atoms with Crippen LogP contribution in [-0.2, 0) is 4.79 Å². The molecule has 2 rings (SSSR count). The molecule has 0 bridgehead atoms. The zero-order valence-corrected chi connectivity index (χ0v) is 8.12. The lowest BCUT2D eigenvalue weighted by atomic mass is 10.2. The quantitative estimate of drug-likeness (QED) is 0.625. The van der Waals surface area contributed by atoms with Crippen LogP contribution in [0.5, 0.6) is 0 Å². The van der Waals surface area contributed by atoms with E-state index in [4.69, 9.17) is 0 Å². The summed E-state index contributed by atoms with van der Waals surface area (Å²) in [6.07, 6.45) is 2.51. The van der Waals surface area contributed by atoms with E-state index in [1.54, 1.807) is 0 Å². The SMILES string of the molecule is CN1CCCC1CN1CNCC1=O.